The summed E-state index contributed by atoms with van der Waals surface area (Å²) in [5.41, 5.74) is 3.90. The van der Waals surface area contributed by atoms with E-state index in [-0.39, 0.29) is 0 Å². The van der Waals surface area contributed by atoms with Gasteiger partial charge in [-0.3, -0.25) is 0 Å². The van der Waals surface area contributed by atoms with E-state index in [1.807, 2.05) is 0 Å². The number of hydrogen-bond donors (Lipinski definition) is 1. The van der Waals surface area contributed by atoms with Crippen LogP contribution in [0.2, 0.25) is 0 Å². The first-order valence-corrected chi connectivity index (χ1v) is 7.18. The Balaban J connectivity index is 1.94. The van der Waals surface area contributed by atoms with E-state index in [2.05, 4.69) is 49.4 Å². The SMILES string of the molecule is Cc1ccc(NCC2CCCCC2)cc1N(C)C. The summed E-state index contributed by atoms with van der Waals surface area (Å²) in [6.45, 7) is 3.30. The summed E-state index contributed by atoms with van der Waals surface area (Å²) in [4.78, 5) is 2.18. The van der Waals surface area contributed by atoms with E-state index < -0.39 is 0 Å². The number of aryl methyl sites for hydroxylation is 1. The molecule has 100 valence electrons. The molecule has 2 rings (SSSR count). The van der Waals surface area contributed by atoms with Crippen LogP contribution in [0.4, 0.5) is 11.4 Å². The lowest BCUT2D eigenvalue weighted by Gasteiger charge is -2.23. The van der Waals surface area contributed by atoms with Crippen LogP contribution in [-0.2, 0) is 0 Å². The lowest BCUT2D eigenvalue weighted by molar-refractivity contribution is 0.373. The van der Waals surface area contributed by atoms with Crippen molar-refractivity contribution < 1.29 is 0 Å². The molecule has 0 unspecified atom stereocenters. The highest BCUT2D eigenvalue weighted by molar-refractivity contribution is 5.61. The Bertz CT molecular complexity index is 379. The summed E-state index contributed by atoms with van der Waals surface area (Å²) in [6, 6.07) is 6.67. The van der Waals surface area contributed by atoms with Crippen molar-refractivity contribution in [1.82, 2.24) is 0 Å². The molecule has 2 nitrogen and oxygen atoms in total. The van der Waals surface area contributed by atoms with Gasteiger partial charge < -0.3 is 10.2 Å². The van der Waals surface area contributed by atoms with Gasteiger partial charge in [-0.05, 0) is 43.4 Å². The molecule has 0 heterocycles. The minimum atomic E-state index is 0.878. The zero-order chi connectivity index (χ0) is 13.0. The Morgan fingerprint density at radius 3 is 2.56 bits per heavy atom. The van der Waals surface area contributed by atoms with Gasteiger partial charge in [-0.15, -0.1) is 0 Å². The number of hydrogen-bond acceptors (Lipinski definition) is 2. The van der Waals surface area contributed by atoms with Gasteiger partial charge in [0.1, 0.15) is 0 Å². The maximum Gasteiger partial charge on any atom is 0.0411 e. The minimum absolute atomic E-state index is 0.878. The molecule has 1 aromatic rings. The van der Waals surface area contributed by atoms with E-state index >= 15 is 0 Å². The fraction of sp³-hybridized carbons (Fsp3) is 0.625. The topological polar surface area (TPSA) is 15.3 Å². The summed E-state index contributed by atoms with van der Waals surface area (Å²) >= 11 is 0. The number of rotatable bonds is 4. The Kier molecular flexibility index (Phi) is 4.51. The standard InChI is InChI=1S/C16H26N2/c1-13-9-10-15(11-16(13)18(2)3)17-12-14-7-5-4-6-8-14/h9-11,14,17H,4-8,12H2,1-3H3. The highest BCUT2D eigenvalue weighted by atomic mass is 15.1. The summed E-state index contributed by atoms with van der Waals surface area (Å²) in [7, 11) is 4.21. The van der Waals surface area contributed by atoms with Crippen LogP contribution >= 0.6 is 0 Å². The highest BCUT2D eigenvalue weighted by Crippen LogP contribution is 2.26. The summed E-state index contributed by atoms with van der Waals surface area (Å²) < 4.78 is 0. The third kappa shape index (κ3) is 3.41. The average molecular weight is 246 g/mol. The number of anilines is 2. The third-order valence-corrected chi connectivity index (χ3v) is 4.01. The van der Waals surface area contributed by atoms with Gasteiger partial charge in [0, 0.05) is 32.0 Å². The van der Waals surface area contributed by atoms with Crippen molar-refractivity contribution in [2.24, 2.45) is 5.92 Å². The van der Waals surface area contributed by atoms with Crippen LogP contribution in [0.25, 0.3) is 0 Å². The Morgan fingerprint density at radius 2 is 1.89 bits per heavy atom. The minimum Gasteiger partial charge on any atom is -0.385 e. The van der Waals surface area contributed by atoms with Gasteiger partial charge in [-0.2, -0.15) is 0 Å². The molecule has 2 heteroatoms. The second-order valence-electron chi connectivity index (χ2n) is 5.78. The highest BCUT2D eigenvalue weighted by Gasteiger charge is 2.13. The Hall–Kier alpha value is -1.18. The van der Waals surface area contributed by atoms with E-state index in [1.54, 1.807) is 0 Å². The first-order valence-electron chi connectivity index (χ1n) is 7.18. The Labute approximate surface area is 111 Å². The molecule has 0 radical (unpaired) electrons. The fourth-order valence-electron chi connectivity index (χ4n) is 2.85. The summed E-state index contributed by atoms with van der Waals surface area (Å²) in [5.74, 6) is 0.878. The molecule has 0 aromatic heterocycles. The van der Waals surface area contributed by atoms with Crippen molar-refractivity contribution in [3.8, 4) is 0 Å². The van der Waals surface area contributed by atoms with Gasteiger partial charge in [-0.1, -0.05) is 25.3 Å². The van der Waals surface area contributed by atoms with Gasteiger partial charge in [0.2, 0.25) is 0 Å². The average Bonchev–Trinajstić information content (AvgIpc) is 2.38. The van der Waals surface area contributed by atoms with E-state index in [1.165, 1.54) is 49.0 Å². The normalized spacial score (nSPS) is 16.6. The van der Waals surface area contributed by atoms with Gasteiger partial charge in [0.25, 0.3) is 0 Å². The predicted octanol–water partition coefficient (Wildman–Crippen LogP) is 4.05. The molecule has 0 spiro atoms. The van der Waals surface area contributed by atoms with Crippen LogP contribution in [0.5, 0.6) is 0 Å². The van der Waals surface area contributed by atoms with Crippen molar-refractivity contribution in [3.05, 3.63) is 23.8 Å². The maximum atomic E-state index is 3.61. The molecule has 1 aliphatic carbocycles. The maximum absolute atomic E-state index is 3.61. The van der Waals surface area contributed by atoms with Crippen LogP contribution < -0.4 is 10.2 Å². The third-order valence-electron chi connectivity index (χ3n) is 4.01. The van der Waals surface area contributed by atoms with Gasteiger partial charge in [0.05, 0.1) is 0 Å². The van der Waals surface area contributed by atoms with Crippen molar-refractivity contribution in [2.75, 3.05) is 30.9 Å². The predicted molar refractivity (Wildman–Crippen MR) is 80.6 cm³/mol. The largest absolute Gasteiger partial charge is 0.385 e. The van der Waals surface area contributed by atoms with Crippen LogP contribution in [-0.4, -0.2) is 20.6 Å². The molecule has 1 saturated carbocycles. The van der Waals surface area contributed by atoms with Crippen molar-refractivity contribution in [2.45, 2.75) is 39.0 Å². The summed E-state index contributed by atoms with van der Waals surface area (Å²) in [6.07, 6.45) is 7.08. The smallest absolute Gasteiger partial charge is 0.0411 e. The second-order valence-corrected chi connectivity index (χ2v) is 5.78. The van der Waals surface area contributed by atoms with Crippen molar-refractivity contribution in [1.29, 1.82) is 0 Å². The number of nitrogens with zero attached hydrogens (tertiary/aromatic N) is 1. The molecule has 18 heavy (non-hydrogen) atoms. The van der Waals surface area contributed by atoms with Crippen molar-refractivity contribution in [3.63, 3.8) is 0 Å². The first-order chi connectivity index (χ1) is 8.66. The zero-order valence-corrected chi connectivity index (χ0v) is 12.0. The van der Waals surface area contributed by atoms with Gasteiger partial charge >= 0.3 is 0 Å². The number of nitrogens with one attached hydrogen (secondary N) is 1. The van der Waals surface area contributed by atoms with E-state index in [0.29, 0.717) is 0 Å². The van der Waals surface area contributed by atoms with E-state index in [0.717, 1.165) is 12.5 Å². The molecule has 0 bridgehead atoms. The molecule has 0 aliphatic heterocycles. The van der Waals surface area contributed by atoms with Crippen LogP contribution in [0.1, 0.15) is 37.7 Å². The Morgan fingerprint density at radius 1 is 1.17 bits per heavy atom. The molecule has 1 aromatic carbocycles. The molecule has 1 aliphatic rings. The zero-order valence-electron chi connectivity index (χ0n) is 12.0. The quantitative estimate of drug-likeness (QED) is 0.862. The monoisotopic (exact) mass is 246 g/mol. The summed E-state index contributed by atoms with van der Waals surface area (Å²) in [5, 5.41) is 3.61. The van der Waals surface area contributed by atoms with E-state index in [9.17, 15) is 0 Å². The van der Waals surface area contributed by atoms with Gasteiger partial charge in [-0.25, -0.2) is 0 Å². The lowest BCUT2D eigenvalue weighted by atomic mass is 9.89. The van der Waals surface area contributed by atoms with Gasteiger partial charge in [0.15, 0.2) is 0 Å². The molecular weight excluding hydrogens is 220 g/mol. The lowest BCUT2D eigenvalue weighted by Crippen LogP contribution is -2.17. The first kappa shape index (κ1) is 13.3. The fourth-order valence-corrected chi connectivity index (χ4v) is 2.85. The van der Waals surface area contributed by atoms with Crippen LogP contribution in [0.3, 0.4) is 0 Å². The molecule has 1 fully saturated rings. The second kappa shape index (κ2) is 6.12. The molecular formula is C16H26N2. The molecule has 0 amide bonds. The van der Waals surface area contributed by atoms with Crippen LogP contribution in [0, 0.1) is 12.8 Å². The van der Waals surface area contributed by atoms with E-state index in [4.69, 9.17) is 0 Å². The number of benzene rings is 1. The molecule has 0 saturated heterocycles. The van der Waals surface area contributed by atoms with Crippen molar-refractivity contribution >= 4 is 11.4 Å². The molecule has 0 atom stereocenters. The van der Waals surface area contributed by atoms with Crippen LogP contribution in [0.15, 0.2) is 18.2 Å². The molecule has 1 N–H and O–H groups in total.